The van der Waals surface area contributed by atoms with Gasteiger partial charge in [-0.3, -0.25) is 9.59 Å². The summed E-state index contributed by atoms with van der Waals surface area (Å²) in [4.78, 5) is 27.5. The average Bonchev–Trinajstić information content (AvgIpc) is 3.08. The SMILES string of the molecule is CCCN1C(=O)C(=O)/C(=C(/O)c2c(OC)cccc2OC)C1c1cccc(OCCCO)c1. The van der Waals surface area contributed by atoms with E-state index in [1.807, 2.05) is 6.92 Å². The van der Waals surface area contributed by atoms with Gasteiger partial charge in [0.1, 0.15) is 28.6 Å². The number of aliphatic hydroxyl groups is 2. The minimum Gasteiger partial charge on any atom is -0.506 e. The van der Waals surface area contributed by atoms with Crippen LogP contribution < -0.4 is 14.2 Å². The molecule has 8 nitrogen and oxygen atoms in total. The maximum atomic E-state index is 13.1. The van der Waals surface area contributed by atoms with Gasteiger partial charge in [0.25, 0.3) is 11.7 Å². The molecule has 0 bridgehead atoms. The van der Waals surface area contributed by atoms with Gasteiger partial charge in [0, 0.05) is 19.6 Å². The fourth-order valence-corrected chi connectivity index (χ4v) is 3.95. The van der Waals surface area contributed by atoms with Crippen molar-refractivity contribution in [3.8, 4) is 17.2 Å². The first kappa shape index (κ1) is 24.1. The van der Waals surface area contributed by atoms with Crippen LogP contribution in [0.15, 0.2) is 48.0 Å². The summed E-state index contributed by atoms with van der Waals surface area (Å²) in [5, 5.41) is 20.4. The van der Waals surface area contributed by atoms with Crippen LogP contribution in [0.4, 0.5) is 0 Å². The van der Waals surface area contributed by atoms with Crippen molar-refractivity contribution >= 4 is 17.4 Å². The van der Waals surface area contributed by atoms with E-state index in [1.165, 1.54) is 19.1 Å². The Morgan fingerprint density at radius 3 is 2.33 bits per heavy atom. The van der Waals surface area contributed by atoms with Crippen LogP contribution in [-0.4, -0.2) is 60.8 Å². The summed E-state index contributed by atoms with van der Waals surface area (Å²) in [5.41, 5.74) is 0.792. The zero-order valence-corrected chi connectivity index (χ0v) is 19.0. The Hall–Kier alpha value is -3.52. The summed E-state index contributed by atoms with van der Waals surface area (Å²) in [6.45, 7) is 2.59. The lowest BCUT2D eigenvalue weighted by molar-refractivity contribution is -0.139. The smallest absolute Gasteiger partial charge is 0.295 e. The number of methoxy groups -OCH3 is 2. The van der Waals surface area contributed by atoms with Crippen LogP contribution in [0, 0.1) is 0 Å². The molecule has 1 unspecified atom stereocenters. The molecule has 0 aromatic heterocycles. The molecule has 2 aromatic rings. The molecule has 0 saturated carbocycles. The van der Waals surface area contributed by atoms with E-state index in [2.05, 4.69) is 0 Å². The topological polar surface area (TPSA) is 106 Å². The molecule has 176 valence electrons. The molecule has 0 aliphatic carbocycles. The normalized spacial score (nSPS) is 17.3. The first-order valence-corrected chi connectivity index (χ1v) is 10.8. The van der Waals surface area contributed by atoms with Gasteiger partial charge < -0.3 is 29.3 Å². The van der Waals surface area contributed by atoms with Crippen molar-refractivity contribution in [1.29, 1.82) is 0 Å². The molecule has 2 aromatic carbocycles. The number of aliphatic hydroxyl groups excluding tert-OH is 2. The number of nitrogens with zero attached hydrogens (tertiary/aromatic N) is 1. The van der Waals surface area contributed by atoms with E-state index in [1.54, 1.807) is 42.5 Å². The highest BCUT2D eigenvalue weighted by Crippen LogP contribution is 2.43. The van der Waals surface area contributed by atoms with Crippen molar-refractivity contribution in [3.05, 3.63) is 59.2 Å². The summed E-state index contributed by atoms with van der Waals surface area (Å²) in [6.07, 6.45) is 1.11. The van der Waals surface area contributed by atoms with E-state index in [4.69, 9.17) is 19.3 Å². The fourth-order valence-electron chi connectivity index (χ4n) is 3.95. The predicted octanol–water partition coefficient (Wildman–Crippen LogP) is 3.30. The van der Waals surface area contributed by atoms with E-state index in [0.29, 0.717) is 48.8 Å². The van der Waals surface area contributed by atoms with E-state index in [0.717, 1.165) is 0 Å². The Labute approximate surface area is 193 Å². The Morgan fingerprint density at radius 2 is 1.73 bits per heavy atom. The molecule has 1 atom stereocenters. The van der Waals surface area contributed by atoms with Gasteiger partial charge in [-0.1, -0.05) is 25.1 Å². The van der Waals surface area contributed by atoms with Crippen molar-refractivity contribution < 1.29 is 34.0 Å². The molecule has 1 aliphatic heterocycles. The van der Waals surface area contributed by atoms with E-state index >= 15 is 0 Å². The third-order valence-electron chi connectivity index (χ3n) is 5.41. The maximum Gasteiger partial charge on any atom is 0.295 e. The van der Waals surface area contributed by atoms with Crippen molar-refractivity contribution in [2.24, 2.45) is 0 Å². The maximum absolute atomic E-state index is 13.1. The average molecular weight is 456 g/mol. The van der Waals surface area contributed by atoms with Gasteiger partial charge in [0.05, 0.1) is 32.4 Å². The molecule has 1 heterocycles. The number of rotatable bonds is 10. The molecule has 0 spiro atoms. The highest BCUT2D eigenvalue weighted by Gasteiger charge is 2.46. The van der Waals surface area contributed by atoms with Gasteiger partial charge in [-0.2, -0.15) is 0 Å². The monoisotopic (exact) mass is 455 g/mol. The molecular formula is C25H29NO7. The zero-order valence-electron chi connectivity index (χ0n) is 19.0. The summed E-state index contributed by atoms with van der Waals surface area (Å²) in [7, 11) is 2.90. The third-order valence-corrected chi connectivity index (χ3v) is 5.41. The molecule has 3 rings (SSSR count). The molecule has 1 fully saturated rings. The number of hydrogen-bond donors (Lipinski definition) is 2. The Bertz CT molecular complexity index is 1020. The number of amides is 1. The van der Waals surface area contributed by atoms with Crippen LogP contribution in [0.5, 0.6) is 17.2 Å². The van der Waals surface area contributed by atoms with Gasteiger partial charge in [-0.05, 0) is 36.2 Å². The summed E-state index contributed by atoms with van der Waals surface area (Å²) in [5.74, 6) is -0.646. The summed E-state index contributed by atoms with van der Waals surface area (Å²) in [6, 6.07) is 11.2. The second-order valence-corrected chi connectivity index (χ2v) is 7.53. The second kappa shape index (κ2) is 10.9. The molecule has 8 heteroatoms. The van der Waals surface area contributed by atoms with Crippen LogP contribution >= 0.6 is 0 Å². The Morgan fingerprint density at radius 1 is 1.06 bits per heavy atom. The third kappa shape index (κ3) is 4.80. The molecule has 1 saturated heterocycles. The quantitative estimate of drug-likeness (QED) is 0.245. The minimum atomic E-state index is -0.805. The highest BCUT2D eigenvalue weighted by molar-refractivity contribution is 6.46. The van der Waals surface area contributed by atoms with Crippen LogP contribution in [0.25, 0.3) is 5.76 Å². The summed E-state index contributed by atoms with van der Waals surface area (Å²) >= 11 is 0. The number of hydrogen-bond acceptors (Lipinski definition) is 7. The molecular weight excluding hydrogens is 426 g/mol. The molecule has 2 N–H and O–H groups in total. The van der Waals surface area contributed by atoms with Gasteiger partial charge in [0.2, 0.25) is 0 Å². The van der Waals surface area contributed by atoms with E-state index in [-0.39, 0.29) is 23.5 Å². The van der Waals surface area contributed by atoms with Crippen LogP contribution in [0.1, 0.15) is 36.9 Å². The van der Waals surface area contributed by atoms with Crippen molar-refractivity contribution in [2.75, 3.05) is 34.0 Å². The number of ketones is 1. The fraction of sp³-hybridized carbons (Fsp3) is 0.360. The summed E-state index contributed by atoms with van der Waals surface area (Å²) < 4.78 is 16.5. The number of likely N-dealkylation sites (tertiary alicyclic amines) is 1. The minimum absolute atomic E-state index is 0.0110. The van der Waals surface area contributed by atoms with Gasteiger partial charge in [0.15, 0.2) is 0 Å². The van der Waals surface area contributed by atoms with Gasteiger partial charge in [-0.25, -0.2) is 0 Å². The van der Waals surface area contributed by atoms with Crippen molar-refractivity contribution in [2.45, 2.75) is 25.8 Å². The van der Waals surface area contributed by atoms with Crippen molar-refractivity contribution in [1.82, 2.24) is 4.90 Å². The first-order valence-electron chi connectivity index (χ1n) is 10.8. The zero-order chi connectivity index (χ0) is 24.0. The lowest BCUT2D eigenvalue weighted by Crippen LogP contribution is -2.30. The Balaban J connectivity index is 2.19. The van der Waals surface area contributed by atoms with E-state index in [9.17, 15) is 14.7 Å². The lowest BCUT2D eigenvalue weighted by Gasteiger charge is -2.25. The van der Waals surface area contributed by atoms with Crippen molar-refractivity contribution in [3.63, 3.8) is 0 Å². The van der Waals surface area contributed by atoms with Crippen LogP contribution in [0.3, 0.4) is 0 Å². The molecule has 1 aliphatic rings. The van der Waals surface area contributed by atoms with Crippen LogP contribution in [-0.2, 0) is 9.59 Å². The predicted molar refractivity (Wildman–Crippen MR) is 122 cm³/mol. The number of ether oxygens (including phenoxy) is 3. The van der Waals surface area contributed by atoms with Crippen LogP contribution in [0.2, 0.25) is 0 Å². The first-order chi connectivity index (χ1) is 16.0. The largest absolute Gasteiger partial charge is 0.506 e. The number of benzene rings is 2. The van der Waals surface area contributed by atoms with Gasteiger partial charge >= 0.3 is 0 Å². The molecule has 33 heavy (non-hydrogen) atoms. The highest BCUT2D eigenvalue weighted by atomic mass is 16.5. The molecule has 0 radical (unpaired) electrons. The molecule has 1 amide bonds. The number of carbonyl (C=O) groups excluding carboxylic acids is 2. The second-order valence-electron chi connectivity index (χ2n) is 7.53. The Kier molecular flexibility index (Phi) is 7.95. The van der Waals surface area contributed by atoms with E-state index < -0.39 is 17.7 Å². The number of carbonyl (C=O) groups is 2. The number of Topliss-reactive ketones (excluding diaryl/α,β-unsaturated/α-hetero) is 1. The lowest BCUT2D eigenvalue weighted by atomic mass is 9.94. The van der Waals surface area contributed by atoms with Gasteiger partial charge in [-0.15, -0.1) is 0 Å². The standard InChI is InChI=1S/C25H29NO7/c1-4-12-26-22(16-8-5-9-17(15-16)33-14-7-13-27)21(24(29)25(26)30)23(28)20-18(31-2)10-6-11-19(20)32-3/h5-6,8-11,15,22,27-28H,4,7,12-14H2,1-3H3/b23-21+.